The normalized spacial score (nSPS) is 19.1. The number of likely N-dealkylation sites (tertiary alicyclic amines) is 1. The molecule has 10 nitrogen and oxygen atoms in total. The van der Waals surface area contributed by atoms with Gasteiger partial charge in [0.15, 0.2) is 11.6 Å². The summed E-state index contributed by atoms with van der Waals surface area (Å²) in [6.45, 7) is 6.59. The Hall–Kier alpha value is -3.14. The lowest BCUT2D eigenvalue weighted by atomic mass is 10.1. The van der Waals surface area contributed by atoms with E-state index in [9.17, 15) is 0 Å². The Bertz CT molecular complexity index is 1070. The van der Waals surface area contributed by atoms with Crippen LogP contribution >= 0.6 is 0 Å². The van der Waals surface area contributed by atoms with Crippen LogP contribution in [0.5, 0.6) is 5.88 Å². The molecule has 3 aromatic rings. The SMILES string of the molecule is CC(C)c1cc(CNc2nc(Nc3cc(C4CC4)[nH]n3)cc(OC3CCCN(C)C3)n2)on1. The zero-order valence-corrected chi connectivity index (χ0v) is 19.5. The standard InChI is InChI=1S/C23H32N8O2/c1-14(2)18-9-17(33-30-18)12-24-23-26-20(25-21-10-19(28-29-21)15-6-7-15)11-22(27-23)32-16-5-4-8-31(3)13-16/h9-11,14-16H,4-8,12-13H2,1-3H3,(H3,24,25,26,27,28,29). The van der Waals surface area contributed by atoms with Gasteiger partial charge in [0, 0.05) is 36.4 Å². The van der Waals surface area contributed by atoms with Crippen LogP contribution in [-0.4, -0.2) is 56.5 Å². The van der Waals surface area contributed by atoms with E-state index in [4.69, 9.17) is 9.26 Å². The monoisotopic (exact) mass is 452 g/mol. The fourth-order valence-electron chi connectivity index (χ4n) is 4.00. The number of piperidine rings is 1. The molecule has 1 aliphatic heterocycles. The number of rotatable bonds is 9. The maximum Gasteiger partial charge on any atom is 0.228 e. The minimum atomic E-state index is 0.106. The first-order chi connectivity index (χ1) is 16.0. The minimum absolute atomic E-state index is 0.106. The van der Waals surface area contributed by atoms with Crippen molar-refractivity contribution >= 4 is 17.6 Å². The summed E-state index contributed by atoms with van der Waals surface area (Å²) in [7, 11) is 2.12. The van der Waals surface area contributed by atoms with Crippen LogP contribution in [0.25, 0.3) is 0 Å². The van der Waals surface area contributed by atoms with Gasteiger partial charge >= 0.3 is 0 Å². The molecule has 2 aliphatic rings. The topological polar surface area (TPSA) is 117 Å². The van der Waals surface area contributed by atoms with E-state index in [1.165, 1.54) is 12.8 Å². The van der Waals surface area contributed by atoms with E-state index >= 15 is 0 Å². The van der Waals surface area contributed by atoms with Gasteiger partial charge in [-0.2, -0.15) is 15.1 Å². The molecule has 1 saturated carbocycles. The third kappa shape index (κ3) is 5.62. The lowest BCUT2D eigenvalue weighted by molar-refractivity contribution is 0.100. The number of ether oxygens (including phenoxy) is 1. The number of anilines is 3. The second kappa shape index (κ2) is 9.38. The Morgan fingerprint density at radius 1 is 1.18 bits per heavy atom. The molecule has 0 aromatic carbocycles. The largest absolute Gasteiger partial charge is 0.473 e. The number of aromatic nitrogens is 5. The van der Waals surface area contributed by atoms with Gasteiger partial charge in [0.05, 0.1) is 12.2 Å². The Kier molecular flexibility index (Phi) is 6.17. The van der Waals surface area contributed by atoms with Crippen LogP contribution < -0.4 is 15.4 Å². The summed E-state index contributed by atoms with van der Waals surface area (Å²) in [5, 5.41) is 18.2. The predicted octanol–water partition coefficient (Wildman–Crippen LogP) is 4.02. The number of hydrogen-bond acceptors (Lipinski definition) is 9. The second-order valence-corrected chi connectivity index (χ2v) is 9.39. The van der Waals surface area contributed by atoms with Gasteiger partial charge in [-0.25, -0.2) is 0 Å². The third-order valence-corrected chi connectivity index (χ3v) is 6.03. The quantitative estimate of drug-likeness (QED) is 0.442. The number of likely N-dealkylation sites (N-methyl/N-ethyl adjacent to an activating group) is 1. The highest BCUT2D eigenvalue weighted by molar-refractivity contribution is 5.55. The Morgan fingerprint density at radius 2 is 2.06 bits per heavy atom. The molecule has 0 amide bonds. The highest BCUT2D eigenvalue weighted by Crippen LogP contribution is 2.39. The molecule has 176 valence electrons. The van der Waals surface area contributed by atoms with Gasteiger partial charge in [0.25, 0.3) is 0 Å². The van der Waals surface area contributed by atoms with Crippen LogP contribution in [-0.2, 0) is 6.54 Å². The highest BCUT2D eigenvalue weighted by Gasteiger charge is 2.26. The second-order valence-electron chi connectivity index (χ2n) is 9.39. The first kappa shape index (κ1) is 21.7. The highest BCUT2D eigenvalue weighted by atomic mass is 16.5. The van der Waals surface area contributed by atoms with Crippen molar-refractivity contribution in [2.75, 3.05) is 30.8 Å². The van der Waals surface area contributed by atoms with Crippen LogP contribution in [0.1, 0.15) is 68.5 Å². The minimum Gasteiger partial charge on any atom is -0.473 e. The number of H-pyrrole nitrogens is 1. The average Bonchev–Trinajstić information content (AvgIpc) is 3.33. The van der Waals surface area contributed by atoms with E-state index in [0.717, 1.165) is 48.9 Å². The zero-order valence-electron chi connectivity index (χ0n) is 19.5. The zero-order chi connectivity index (χ0) is 22.8. The van der Waals surface area contributed by atoms with E-state index in [1.54, 1.807) is 0 Å². The summed E-state index contributed by atoms with van der Waals surface area (Å²) in [6, 6.07) is 5.83. The van der Waals surface area contributed by atoms with Gasteiger partial charge in [0.2, 0.25) is 11.8 Å². The van der Waals surface area contributed by atoms with Crippen molar-refractivity contribution in [3.8, 4) is 5.88 Å². The number of nitrogens with zero attached hydrogens (tertiary/aromatic N) is 5. The Labute approximate surface area is 193 Å². The summed E-state index contributed by atoms with van der Waals surface area (Å²) in [5.74, 6) is 4.01. The van der Waals surface area contributed by atoms with Crippen LogP contribution in [0.15, 0.2) is 22.7 Å². The predicted molar refractivity (Wildman–Crippen MR) is 125 cm³/mol. The smallest absolute Gasteiger partial charge is 0.228 e. The molecular formula is C23H32N8O2. The van der Waals surface area contributed by atoms with Crippen molar-refractivity contribution in [3.63, 3.8) is 0 Å². The lowest BCUT2D eigenvalue weighted by Crippen LogP contribution is -2.38. The molecule has 10 heteroatoms. The number of aromatic amines is 1. The number of hydrogen-bond donors (Lipinski definition) is 3. The summed E-state index contributed by atoms with van der Waals surface area (Å²) >= 11 is 0. The molecule has 2 fully saturated rings. The summed E-state index contributed by atoms with van der Waals surface area (Å²) in [5.41, 5.74) is 2.09. The molecule has 0 bridgehead atoms. The van der Waals surface area contributed by atoms with Crippen molar-refractivity contribution in [3.05, 3.63) is 35.3 Å². The van der Waals surface area contributed by atoms with Crippen molar-refractivity contribution in [2.24, 2.45) is 0 Å². The Morgan fingerprint density at radius 3 is 2.82 bits per heavy atom. The maximum atomic E-state index is 6.25. The molecule has 3 aromatic heterocycles. The van der Waals surface area contributed by atoms with E-state index in [2.05, 4.69) is 61.8 Å². The van der Waals surface area contributed by atoms with Crippen molar-refractivity contribution in [2.45, 2.75) is 64.0 Å². The van der Waals surface area contributed by atoms with E-state index in [1.807, 2.05) is 18.2 Å². The van der Waals surface area contributed by atoms with Crippen LogP contribution in [0.2, 0.25) is 0 Å². The van der Waals surface area contributed by atoms with Crippen LogP contribution in [0.4, 0.5) is 17.6 Å². The van der Waals surface area contributed by atoms with Crippen molar-refractivity contribution < 1.29 is 9.26 Å². The van der Waals surface area contributed by atoms with E-state index < -0.39 is 0 Å². The molecule has 4 heterocycles. The van der Waals surface area contributed by atoms with Gasteiger partial charge in [-0.05, 0) is 45.2 Å². The molecule has 33 heavy (non-hydrogen) atoms. The average molecular weight is 453 g/mol. The summed E-state index contributed by atoms with van der Waals surface area (Å²) in [4.78, 5) is 11.5. The Balaban J connectivity index is 1.32. The molecule has 1 saturated heterocycles. The van der Waals surface area contributed by atoms with E-state index in [0.29, 0.717) is 36.0 Å². The summed E-state index contributed by atoms with van der Waals surface area (Å²) in [6.07, 6.45) is 4.67. The molecule has 1 unspecified atom stereocenters. The van der Waals surface area contributed by atoms with Crippen molar-refractivity contribution in [1.82, 2.24) is 30.2 Å². The van der Waals surface area contributed by atoms with Gasteiger partial charge in [-0.1, -0.05) is 19.0 Å². The van der Waals surface area contributed by atoms with Gasteiger partial charge in [-0.3, -0.25) is 5.10 Å². The van der Waals surface area contributed by atoms with E-state index in [-0.39, 0.29) is 6.10 Å². The van der Waals surface area contributed by atoms with Gasteiger partial charge in [-0.15, -0.1) is 0 Å². The van der Waals surface area contributed by atoms with Crippen LogP contribution in [0, 0.1) is 0 Å². The first-order valence-corrected chi connectivity index (χ1v) is 11.8. The molecule has 0 spiro atoms. The molecule has 0 radical (unpaired) electrons. The fraction of sp³-hybridized carbons (Fsp3) is 0.565. The van der Waals surface area contributed by atoms with Crippen LogP contribution in [0.3, 0.4) is 0 Å². The lowest BCUT2D eigenvalue weighted by Gasteiger charge is -2.29. The van der Waals surface area contributed by atoms with Gasteiger partial charge < -0.3 is 24.8 Å². The van der Waals surface area contributed by atoms with Crippen molar-refractivity contribution in [1.29, 1.82) is 0 Å². The molecule has 1 atom stereocenters. The molecule has 1 aliphatic carbocycles. The molecule has 5 rings (SSSR count). The summed E-state index contributed by atoms with van der Waals surface area (Å²) < 4.78 is 11.7. The fourth-order valence-corrected chi connectivity index (χ4v) is 4.00. The van der Waals surface area contributed by atoms with Gasteiger partial charge in [0.1, 0.15) is 11.9 Å². The third-order valence-electron chi connectivity index (χ3n) is 6.03. The number of nitrogens with one attached hydrogen (secondary N) is 3. The first-order valence-electron chi connectivity index (χ1n) is 11.8. The molecular weight excluding hydrogens is 420 g/mol. The maximum absolute atomic E-state index is 6.25. The molecule has 3 N–H and O–H groups in total.